The van der Waals surface area contributed by atoms with Gasteiger partial charge in [-0.05, 0) is 31.9 Å². The van der Waals surface area contributed by atoms with Crippen LogP contribution in [0.1, 0.15) is 27.4 Å². The Morgan fingerprint density at radius 3 is 2.95 bits per heavy atom. The first-order valence-corrected chi connectivity index (χ1v) is 7.18. The fraction of sp³-hybridized carbons (Fsp3) is 0.538. The predicted molar refractivity (Wildman–Crippen MR) is 73.2 cm³/mol. The van der Waals surface area contributed by atoms with Crippen LogP contribution in [0.15, 0.2) is 12.1 Å². The van der Waals surface area contributed by atoms with Crippen LogP contribution in [0.3, 0.4) is 0 Å². The summed E-state index contributed by atoms with van der Waals surface area (Å²) in [5.41, 5.74) is 0. The lowest BCUT2D eigenvalue weighted by atomic mass is 10.1. The molecule has 0 aromatic carbocycles. The molecule has 2 rings (SSSR count). The number of hydrogen-bond donors (Lipinski definition) is 2. The highest BCUT2D eigenvalue weighted by Gasteiger charge is 2.22. The Kier molecular flexibility index (Phi) is 4.55. The Morgan fingerprint density at radius 1 is 1.53 bits per heavy atom. The van der Waals surface area contributed by atoms with Gasteiger partial charge >= 0.3 is 0 Å². The number of amides is 2. The lowest BCUT2D eigenvalue weighted by Gasteiger charge is -2.30. The predicted octanol–water partition coefficient (Wildman–Crippen LogP) is 0.770. The lowest BCUT2D eigenvalue weighted by Crippen LogP contribution is -2.46. The molecular weight excluding hydrogens is 264 g/mol. The van der Waals surface area contributed by atoms with Crippen LogP contribution >= 0.6 is 11.3 Å². The van der Waals surface area contributed by atoms with Gasteiger partial charge in [-0.15, -0.1) is 11.3 Å². The summed E-state index contributed by atoms with van der Waals surface area (Å²) in [5, 5.41) is 12.1. The Balaban J connectivity index is 1.81. The van der Waals surface area contributed by atoms with Gasteiger partial charge in [-0.1, -0.05) is 0 Å². The van der Waals surface area contributed by atoms with E-state index in [1.807, 2.05) is 13.0 Å². The van der Waals surface area contributed by atoms with Crippen molar-refractivity contribution in [1.29, 1.82) is 0 Å². The molecule has 0 saturated carbocycles. The molecule has 0 aliphatic carbocycles. The van der Waals surface area contributed by atoms with Gasteiger partial charge in [0.15, 0.2) is 0 Å². The number of hydrogen-bond acceptors (Lipinski definition) is 4. The van der Waals surface area contributed by atoms with E-state index >= 15 is 0 Å². The van der Waals surface area contributed by atoms with Gasteiger partial charge in [-0.3, -0.25) is 9.59 Å². The first-order chi connectivity index (χ1) is 9.06. The Bertz CT molecular complexity index is 472. The van der Waals surface area contributed by atoms with Crippen molar-refractivity contribution in [2.45, 2.75) is 25.9 Å². The summed E-state index contributed by atoms with van der Waals surface area (Å²) in [5.74, 6) is -0.357. The van der Waals surface area contributed by atoms with Crippen molar-refractivity contribution in [2.24, 2.45) is 0 Å². The number of β-amino-alcohol motifs (C(OH)–C–C–N with tert-alkyl or cyclic N) is 1. The molecule has 0 bridgehead atoms. The summed E-state index contributed by atoms with van der Waals surface area (Å²) in [4.78, 5) is 27.0. The molecule has 19 heavy (non-hydrogen) atoms. The molecule has 2 amide bonds. The molecule has 1 atom stereocenters. The summed E-state index contributed by atoms with van der Waals surface area (Å²) in [6, 6.07) is 3.63. The smallest absolute Gasteiger partial charge is 0.261 e. The fourth-order valence-corrected chi connectivity index (χ4v) is 2.88. The molecule has 2 N–H and O–H groups in total. The molecule has 0 spiro atoms. The van der Waals surface area contributed by atoms with Crippen molar-refractivity contribution in [3.8, 4) is 0 Å². The number of piperidine rings is 1. The molecule has 1 aliphatic heterocycles. The van der Waals surface area contributed by atoms with E-state index in [4.69, 9.17) is 0 Å². The largest absolute Gasteiger partial charge is 0.391 e. The van der Waals surface area contributed by atoms with Gasteiger partial charge in [-0.2, -0.15) is 0 Å². The summed E-state index contributed by atoms with van der Waals surface area (Å²) in [6.07, 6.45) is 1.11. The van der Waals surface area contributed by atoms with E-state index in [1.54, 1.807) is 11.0 Å². The SMILES string of the molecule is Cc1ccc(C(=O)NCC(=O)N2CCCC(O)C2)s1. The molecule has 1 unspecified atom stereocenters. The van der Waals surface area contributed by atoms with E-state index < -0.39 is 6.10 Å². The number of nitrogens with zero attached hydrogens (tertiary/aromatic N) is 1. The first kappa shape index (κ1) is 14.0. The lowest BCUT2D eigenvalue weighted by molar-refractivity contribution is -0.133. The number of aryl methyl sites for hydroxylation is 1. The molecule has 1 aliphatic rings. The van der Waals surface area contributed by atoms with Crippen molar-refractivity contribution in [3.05, 3.63) is 21.9 Å². The maximum atomic E-state index is 11.9. The van der Waals surface area contributed by atoms with Crippen LogP contribution in [-0.2, 0) is 4.79 Å². The van der Waals surface area contributed by atoms with Crippen LogP contribution in [0.2, 0.25) is 0 Å². The number of carbonyl (C=O) groups excluding carboxylic acids is 2. The van der Waals surface area contributed by atoms with E-state index in [0.29, 0.717) is 18.0 Å². The third kappa shape index (κ3) is 3.78. The second-order valence-corrected chi connectivity index (χ2v) is 6.02. The highest BCUT2D eigenvalue weighted by Crippen LogP contribution is 2.14. The van der Waals surface area contributed by atoms with Crippen LogP contribution in [0.4, 0.5) is 0 Å². The van der Waals surface area contributed by atoms with Crippen LogP contribution in [0.5, 0.6) is 0 Å². The highest BCUT2D eigenvalue weighted by atomic mass is 32.1. The van der Waals surface area contributed by atoms with Crippen LogP contribution in [0.25, 0.3) is 0 Å². The minimum absolute atomic E-state index is 0.0114. The standard InChI is InChI=1S/C13H18N2O3S/c1-9-4-5-11(19-9)13(18)14-7-12(17)15-6-2-3-10(16)8-15/h4-5,10,16H,2-3,6-8H2,1H3,(H,14,18). The summed E-state index contributed by atoms with van der Waals surface area (Å²) < 4.78 is 0. The van der Waals surface area contributed by atoms with Gasteiger partial charge in [0.1, 0.15) is 0 Å². The second kappa shape index (κ2) is 6.16. The monoisotopic (exact) mass is 282 g/mol. The number of aliphatic hydroxyl groups excluding tert-OH is 1. The van der Waals surface area contributed by atoms with Crippen molar-refractivity contribution >= 4 is 23.2 Å². The molecule has 1 saturated heterocycles. The molecule has 2 heterocycles. The summed E-state index contributed by atoms with van der Waals surface area (Å²) in [7, 11) is 0. The van der Waals surface area contributed by atoms with E-state index in [1.165, 1.54) is 11.3 Å². The molecular formula is C13H18N2O3S. The number of likely N-dealkylation sites (tertiary alicyclic amines) is 1. The number of aliphatic hydroxyl groups is 1. The molecule has 0 radical (unpaired) electrons. The number of nitrogens with one attached hydrogen (secondary N) is 1. The molecule has 104 valence electrons. The zero-order valence-electron chi connectivity index (χ0n) is 10.9. The first-order valence-electron chi connectivity index (χ1n) is 6.37. The van der Waals surface area contributed by atoms with Crippen molar-refractivity contribution in [2.75, 3.05) is 19.6 Å². The Morgan fingerprint density at radius 2 is 2.32 bits per heavy atom. The second-order valence-electron chi connectivity index (χ2n) is 4.73. The molecule has 1 aromatic rings. The van der Waals surface area contributed by atoms with Gasteiger partial charge in [0, 0.05) is 18.0 Å². The van der Waals surface area contributed by atoms with Crippen LogP contribution in [-0.4, -0.2) is 47.6 Å². The quantitative estimate of drug-likeness (QED) is 0.860. The zero-order valence-corrected chi connectivity index (χ0v) is 11.7. The zero-order chi connectivity index (χ0) is 13.8. The number of thiophene rings is 1. The van der Waals surface area contributed by atoms with E-state index in [9.17, 15) is 14.7 Å². The Labute approximate surface area is 116 Å². The average Bonchev–Trinajstić information content (AvgIpc) is 2.82. The maximum absolute atomic E-state index is 11.9. The molecule has 1 aromatic heterocycles. The molecule has 5 nitrogen and oxygen atoms in total. The average molecular weight is 282 g/mol. The molecule has 1 fully saturated rings. The van der Waals surface area contributed by atoms with Gasteiger partial charge in [0.05, 0.1) is 17.5 Å². The number of carbonyl (C=O) groups is 2. The van der Waals surface area contributed by atoms with Gasteiger partial charge in [-0.25, -0.2) is 0 Å². The van der Waals surface area contributed by atoms with E-state index in [-0.39, 0.29) is 18.4 Å². The normalized spacial score (nSPS) is 19.3. The van der Waals surface area contributed by atoms with Gasteiger partial charge < -0.3 is 15.3 Å². The van der Waals surface area contributed by atoms with E-state index in [0.717, 1.165) is 17.7 Å². The Hall–Kier alpha value is -1.40. The van der Waals surface area contributed by atoms with Crippen molar-refractivity contribution in [3.63, 3.8) is 0 Å². The topological polar surface area (TPSA) is 69.6 Å². The van der Waals surface area contributed by atoms with Crippen LogP contribution in [0, 0.1) is 6.92 Å². The summed E-state index contributed by atoms with van der Waals surface area (Å²) >= 11 is 1.41. The minimum atomic E-state index is -0.437. The number of rotatable bonds is 3. The van der Waals surface area contributed by atoms with Crippen molar-refractivity contribution < 1.29 is 14.7 Å². The summed E-state index contributed by atoms with van der Waals surface area (Å²) in [6.45, 7) is 2.95. The van der Waals surface area contributed by atoms with Gasteiger partial charge in [0.2, 0.25) is 5.91 Å². The van der Waals surface area contributed by atoms with E-state index in [2.05, 4.69) is 5.32 Å². The molecule has 6 heteroatoms. The third-order valence-corrected chi connectivity index (χ3v) is 4.11. The minimum Gasteiger partial charge on any atom is -0.391 e. The maximum Gasteiger partial charge on any atom is 0.261 e. The fourth-order valence-electron chi connectivity index (χ4n) is 2.09. The third-order valence-electron chi connectivity index (χ3n) is 3.11. The van der Waals surface area contributed by atoms with Crippen LogP contribution < -0.4 is 5.32 Å². The van der Waals surface area contributed by atoms with Gasteiger partial charge in [0.25, 0.3) is 5.91 Å². The van der Waals surface area contributed by atoms with Crippen molar-refractivity contribution in [1.82, 2.24) is 10.2 Å². The highest BCUT2D eigenvalue weighted by molar-refractivity contribution is 7.13.